The summed E-state index contributed by atoms with van der Waals surface area (Å²) >= 11 is 1.55. The molecule has 4 rings (SSSR count). The summed E-state index contributed by atoms with van der Waals surface area (Å²) in [4.78, 5) is 25.7. The van der Waals surface area contributed by atoms with E-state index in [2.05, 4.69) is 20.2 Å². The van der Waals surface area contributed by atoms with Crippen molar-refractivity contribution >= 4 is 23.6 Å². The number of carbonyl (C=O) groups excluding carboxylic acids is 1. The minimum Gasteiger partial charge on any atom is -0.360 e. The van der Waals surface area contributed by atoms with Gasteiger partial charge in [-0.15, -0.1) is 0 Å². The number of rotatable bonds is 2. The molecule has 1 N–H and O–H groups in total. The first kappa shape index (κ1) is 15.7. The third-order valence-electron chi connectivity index (χ3n) is 4.71. The number of hydrogen-bond donors (Lipinski definition) is 1. The molecule has 0 aromatic carbocycles. The first-order valence-electron chi connectivity index (χ1n) is 8.25. The van der Waals surface area contributed by atoms with Crippen molar-refractivity contribution in [3.05, 3.63) is 28.6 Å². The van der Waals surface area contributed by atoms with Crippen LogP contribution in [-0.2, 0) is 4.79 Å². The highest BCUT2D eigenvalue weighted by Gasteiger charge is 2.36. The molecule has 3 aliphatic heterocycles. The molecule has 1 saturated heterocycles. The van der Waals surface area contributed by atoms with E-state index < -0.39 is 6.17 Å². The molecule has 1 aromatic heterocycles. The Morgan fingerprint density at radius 2 is 2.17 bits per heavy atom. The van der Waals surface area contributed by atoms with Crippen LogP contribution in [0.4, 0.5) is 10.3 Å². The lowest BCUT2D eigenvalue weighted by atomic mass is 10.1. The molecular formula is C16H20FN5OS. The van der Waals surface area contributed by atoms with E-state index in [0.29, 0.717) is 25.5 Å². The van der Waals surface area contributed by atoms with E-state index in [1.165, 1.54) is 0 Å². The number of piperidine rings is 1. The van der Waals surface area contributed by atoms with Crippen LogP contribution < -0.4 is 10.2 Å². The number of thioether (sulfide) groups is 1. The summed E-state index contributed by atoms with van der Waals surface area (Å²) in [5, 5.41) is 2.90. The maximum absolute atomic E-state index is 13.6. The van der Waals surface area contributed by atoms with Crippen LogP contribution in [0.15, 0.2) is 23.0 Å². The van der Waals surface area contributed by atoms with Crippen molar-refractivity contribution in [1.82, 2.24) is 20.2 Å². The number of anilines is 1. The SMILES string of the molecule is CN1C2=C(SC1c1cnc(N3CCC[C@H](F)C3)nc1)C(=O)NCC2. The van der Waals surface area contributed by atoms with Crippen LogP contribution in [0.3, 0.4) is 0 Å². The van der Waals surface area contributed by atoms with Gasteiger partial charge in [0.15, 0.2) is 0 Å². The molecule has 4 heterocycles. The molecule has 1 unspecified atom stereocenters. The minimum absolute atomic E-state index is 0.00967. The van der Waals surface area contributed by atoms with E-state index in [1.807, 2.05) is 11.9 Å². The molecule has 6 nitrogen and oxygen atoms in total. The lowest BCUT2D eigenvalue weighted by molar-refractivity contribution is -0.117. The first-order valence-corrected chi connectivity index (χ1v) is 9.13. The van der Waals surface area contributed by atoms with Crippen LogP contribution in [-0.4, -0.2) is 53.6 Å². The van der Waals surface area contributed by atoms with Gasteiger partial charge < -0.3 is 15.1 Å². The molecule has 3 aliphatic rings. The third kappa shape index (κ3) is 2.72. The van der Waals surface area contributed by atoms with Crippen LogP contribution in [0.5, 0.6) is 0 Å². The number of carbonyl (C=O) groups is 1. The van der Waals surface area contributed by atoms with Gasteiger partial charge in [0.25, 0.3) is 5.91 Å². The van der Waals surface area contributed by atoms with Crippen molar-refractivity contribution in [3.8, 4) is 0 Å². The number of aromatic nitrogens is 2. The Kier molecular flexibility index (Phi) is 4.07. The summed E-state index contributed by atoms with van der Waals surface area (Å²) in [6, 6.07) is 0. The van der Waals surface area contributed by atoms with Gasteiger partial charge in [-0.1, -0.05) is 11.8 Å². The van der Waals surface area contributed by atoms with Gasteiger partial charge in [-0.25, -0.2) is 14.4 Å². The predicted octanol–water partition coefficient (Wildman–Crippen LogP) is 1.82. The van der Waals surface area contributed by atoms with E-state index in [9.17, 15) is 9.18 Å². The second-order valence-electron chi connectivity index (χ2n) is 6.36. The maximum atomic E-state index is 13.6. The highest BCUT2D eigenvalue weighted by Crippen LogP contribution is 2.48. The zero-order valence-corrected chi connectivity index (χ0v) is 14.4. The fourth-order valence-corrected chi connectivity index (χ4v) is 4.76. The molecule has 0 radical (unpaired) electrons. The van der Waals surface area contributed by atoms with Gasteiger partial charge in [0, 0.05) is 50.2 Å². The van der Waals surface area contributed by atoms with Gasteiger partial charge >= 0.3 is 0 Å². The van der Waals surface area contributed by atoms with E-state index >= 15 is 0 Å². The largest absolute Gasteiger partial charge is 0.360 e. The maximum Gasteiger partial charge on any atom is 0.259 e. The Hall–Kier alpha value is -1.83. The van der Waals surface area contributed by atoms with E-state index in [4.69, 9.17) is 0 Å². The van der Waals surface area contributed by atoms with E-state index in [1.54, 1.807) is 24.2 Å². The van der Waals surface area contributed by atoms with Gasteiger partial charge in [-0.2, -0.15) is 0 Å². The summed E-state index contributed by atoms with van der Waals surface area (Å²) in [5.74, 6) is 0.595. The molecule has 1 aromatic rings. The minimum atomic E-state index is -0.798. The summed E-state index contributed by atoms with van der Waals surface area (Å²) < 4.78 is 13.6. The Morgan fingerprint density at radius 3 is 2.88 bits per heavy atom. The molecule has 0 bridgehead atoms. The second kappa shape index (κ2) is 6.23. The summed E-state index contributed by atoms with van der Waals surface area (Å²) in [6.45, 7) is 1.85. The number of alkyl halides is 1. The Balaban J connectivity index is 1.51. The Labute approximate surface area is 144 Å². The van der Waals surface area contributed by atoms with Gasteiger partial charge in [-0.05, 0) is 12.8 Å². The van der Waals surface area contributed by atoms with E-state index in [0.717, 1.165) is 35.6 Å². The van der Waals surface area contributed by atoms with Gasteiger partial charge in [0.2, 0.25) is 5.95 Å². The zero-order valence-electron chi connectivity index (χ0n) is 13.5. The molecule has 1 amide bonds. The average molecular weight is 349 g/mol. The van der Waals surface area contributed by atoms with Crippen molar-refractivity contribution in [3.63, 3.8) is 0 Å². The summed E-state index contributed by atoms with van der Waals surface area (Å²) in [5.41, 5.74) is 2.05. The van der Waals surface area contributed by atoms with Crippen molar-refractivity contribution < 1.29 is 9.18 Å². The van der Waals surface area contributed by atoms with Crippen LogP contribution in [0, 0.1) is 0 Å². The van der Waals surface area contributed by atoms with Crippen molar-refractivity contribution in [2.45, 2.75) is 30.8 Å². The second-order valence-corrected chi connectivity index (χ2v) is 7.46. The zero-order chi connectivity index (χ0) is 16.7. The Bertz CT molecular complexity index is 680. The van der Waals surface area contributed by atoms with Gasteiger partial charge in [-0.3, -0.25) is 4.79 Å². The van der Waals surface area contributed by atoms with Crippen LogP contribution >= 0.6 is 11.8 Å². The van der Waals surface area contributed by atoms with Crippen LogP contribution in [0.25, 0.3) is 0 Å². The fourth-order valence-electron chi connectivity index (χ4n) is 3.43. The van der Waals surface area contributed by atoms with Crippen LogP contribution in [0.2, 0.25) is 0 Å². The monoisotopic (exact) mass is 349 g/mol. The first-order chi connectivity index (χ1) is 11.6. The molecule has 0 aliphatic carbocycles. The number of hydrogen-bond acceptors (Lipinski definition) is 6. The normalized spacial score (nSPS) is 27.3. The quantitative estimate of drug-likeness (QED) is 0.879. The van der Waals surface area contributed by atoms with Crippen molar-refractivity contribution in [2.75, 3.05) is 31.6 Å². The molecule has 8 heteroatoms. The number of nitrogens with zero attached hydrogens (tertiary/aromatic N) is 4. The highest BCUT2D eigenvalue weighted by molar-refractivity contribution is 8.04. The molecule has 2 atom stereocenters. The standard InChI is InChI=1S/C16H20FN5OS/c1-21-12-4-5-18-14(23)13(12)24-15(21)10-7-19-16(20-8-10)22-6-2-3-11(17)9-22/h7-8,11,15H,2-6,9H2,1H3,(H,18,23)/t11-,15?/m0/s1. The summed E-state index contributed by atoms with van der Waals surface area (Å²) in [6.07, 6.45) is 5.11. The molecule has 128 valence electrons. The number of halogens is 1. The lowest BCUT2D eigenvalue weighted by Crippen LogP contribution is -2.37. The molecular weight excluding hydrogens is 329 g/mol. The molecule has 1 fully saturated rings. The topological polar surface area (TPSA) is 61.4 Å². The van der Waals surface area contributed by atoms with Crippen molar-refractivity contribution in [2.24, 2.45) is 0 Å². The highest BCUT2D eigenvalue weighted by atomic mass is 32.2. The van der Waals surface area contributed by atoms with Gasteiger partial charge in [0.1, 0.15) is 11.5 Å². The third-order valence-corrected chi connectivity index (χ3v) is 6.18. The lowest BCUT2D eigenvalue weighted by Gasteiger charge is -2.29. The smallest absolute Gasteiger partial charge is 0.259 e. The number of amides is 1. The van der Waals surface area contributed by atoms with Gasteiger partial charge in [0.05, 0.1) is 11.4 Å². The molecule has 24 heavy (non-hydrogen) atoms. The Morgan fingerprint density at radius 1 is 1.38 bits per heavy atom. The summed E-state index contributed by atoms with van der Waals surface area (Å²) in [7, 11) is 2.00. The molecule has 0 saturated carbocycles. The molecule has 0 spiro atoms. The van der Waals surface area contributed by atoms with Crippen LogP contribution in [0.1, 0.15) is 30.2 Å². The fraction of sp³-hybridized carbons (Fsp3) is 0.562. The number of nitrogens with one attached hydrogen (secondary N) is 1. The van der Waals surface area contributed by atoms with Crippen molar-refractivity contribution in [1.29, 1.82) is 0 Å². The van der Waals surface area contributed by atoms with E-state index in [-0.39, 0.29) is 11.3 Å². The predicted molar refractivity (Wildman–Crippen MR) is 91.1 cm³/mol. The average Bonchev–Trinajstić information content (AvgIpc) is 2.94.